The lowest BCUT2D eigenvalue weighted by Gasteiger charge is -2.13. The van der Waals surface area contributed by atoms with E-state index in [9.17, 15) is 17.6 Å². The first-order chi connectivity index (χ1) is 9.70. The van der Waals surface area contributed by atoms with Gasteiger partial charge in [-0.05, 0) is 49.3 Å². The standard InChI is InChI=1S/C14H19FN2O3S/c1-8-5-12(15)11(6-13(8)21(16,19)20)14(18)17-7-9(2)10-3-4-10/h5-6,9-10H,3-4,7H2,1-2H3,(H,17,18)(H2,16,19,20). The number of sulfonamides is 1. The molecular weight excluding hydrogens is 295 g/mol. The van der Waals surface area contributed by atoms with Crippen LogP contribution < -0.4 is 10.5 Å². The molecule has 1 amide bonds. The minimum absolute atomic E-state index is 0.179. The van der Waals surface area contributed by atoms with Crippen molar-refractivity contribution in [2.24, 2.45) is 17.0 Å². The third-order valence-electron chi connectivity index (χ3n) is 3.83. The number of halogens is 1. The number of benzene rings is 1. The van der Waals surface area contributed by atoms with Gasteiger partial charge in [0.25, 0.3) is 5.91 Å². The first kappa shape index (κ1) is 15.9. The van der Waals surface area contributed by atoms with Gasteiger partial charge in [-0.25, -0.2) is 17.9 Å². The Morgan fingerprint density at radius 3 is 2.62 bits per heavy atom. The molecule has 116 valence electrons. The largest absolute Gasteiger partial charge is 0.352 e. The van der Waals surface area contributed by atoms with E-state index >= 15 is 0 Å². The lowest BCUT2D eigenvalue weighted by Crippen LogP contribution is -2.30. The summed E-state index contributed by atoms with van der Waals surface area (Å²) in [5.41, 5.74) is -0.120. The highest BCUT2D eigenvalue weighted by Gasteiger charge is 2.28. The molecule has 0 radical (unpaired) electrons. The SMILES string of the molecule is Cc1cc(F)c(C(=O)NCC(C)C2CC2)cc1S(N)(=O)=O. The fourth-order valence-corrected chi connectivity index (χ4v) is 3.10. The Labute approximate surface area is 123 Å². The smallest absolute Gasteiger partial charge is 0.254 e. The quantitative estimate of drug-likeness (QED) is 0.864. The van der Waals surface area contributed by atoms with Crippen LogP contribution >= 0.6 is 0 Å². The molecule has 1 atom stereocenters. The molecule has 5 nitrogen and oxygen atoms in total. The Morgan fingerprint density at radius 1 is 1.48 bits per heavy atom. The second kappa shape index (κ2) is 5.73. The van der Waals surface area contributed by atoms with Crippen molar-refractivity contribution in [3.63, 3.8) is 0 Å². The highest BCUT2D eigenvalue weighted by molar-refractivity contribution is 7.89. The summed E-state index contributed by atoms with van der Waals surface area (Å²) < 4.78 is 36.7. The number of nitrogens with one attached hydrogen (secondary N) is 1. The first-order valence-electron chi connectivity index (χ1n) is 6.81. The molecule has 1 aromatic rings. The van der Waals surface area contributed by atoms with Crippen molar-refractivity contribution in [3.05, 3.63) is 29.1 Å². The van der Waals surface area contributed by atoms with Crippen molar-refractivity contribution in [1.29, 1.82) is 0 Å². The van der Waals surface area contributed by atoms with E-state index in [4.69, 9.17) is 5.14 Å². The Balaban J connectivity index is 2.19. The van der Waals surface area contributed by atoms with Crippen LogP contribution in [0, 0.1) is 24.6 Å². The Bertz CT molecular complexity index is 669. The lowest BCUT2D eigenvalue weighted by atomic mass is 10.1. The summed E-state index contributed by atoms with van der Waals surface area (Å²) >= 11 is 0. The number of carbonyl (C=O) groups excluding carboxylic acids is 1. The molecule has 2 rings (SSSR count). The zero-order chi connectivity index (χ0) is 15.8. The number of nitrogens with two attached hydrogens (primary N) is 1. The topological polar surface area (TPSA) is 89.3 Å². The van der Waals surface area contributed by atoms with Crippen LogP contribution in [0.4, 0.5) is 4.39 Å². The van der Waals surface area contributed by atoms with Gasteiger partial charge in [-0.3, -0.25) is 4.79 Å². The van der Waals surface area contributed by atoms with E-state index in [2.05, 4.69) is 5.32 Å². The molecular formula is C14H19FN2O3S. The molecule has 0 spiro atoms. The van der Waals surface area contributed by atoms with Crippen LogP contribution in [0.2, 0.25) is 0 Å². The van der Waals surface area contributed by atoms with Gasteiger partial charge in [-0.15, -0.1) is 0 Å². The molecule has 1 aliphatic rings. The van der Waals surface area contributed by atoms with Crippen LogP contribution in [-0.4, -0.2) is 20.9 Å². The summed E-state index contributed by atoms with van der Waals surface area (Å²) in [6, 6.07) is 2.01. The van der Waals surface area contributed by atoms with Gasteiger partial charge in [-0.2, -0.15) is 0 Å². The number of carbonyl (C=O) groups is 1. The van der Waals surface area contributed by atoms with Crippen molar-refractivity contribution < 1.29 is 17.6 Å². The molecule has 0 aromatic heterocycles. The maximum Gasteiger partial charge on any atom is 0.254 e. The van der Waals surface area contributed by atoms with Crippen molar-refractivity contribution in [1.82, 2.24) is 5.32 Å². The molecule has 21 heavy (non-hydrogen) atoms. The van der Waals surface area contributed by atoms with Crippen molar-refractivity contribution in [2.45, 2.75) is 31.6 Å². The van der Waals surface area contributed by atoms with Gasteiger partial charge in [0.05, 0.1) is 10.5 Å². The summed E-state index contributed by atoms with van der Waals surface area (Å²) in [6.07, 6.45) is 2.32. The molecule has 7 heteroatoms. The Morgan fingerprint density at radius 2 is 2.10 bits per heavy atom. The Hall–Kier alpha value is -1.47. The number of amides is 1. The number of aryl methyl sites for hydroxylation is 1. The van der Waals surface area contributed by atoms with Crippen LogP contribution in [0.15, 0.2) is 17.0 Å². The second-order valence-corrected chi connectivity index (χ2v) is 7.20. The summed E-state index contributed by atoms with van der Waals surface area (Å²) in [6.45, 7) is 3.90. The van der Waals surface area contributed by atoms with E-state index in [1.165, 1.54) is 6.92 Å². The van der Waals surface area contributed by atoms with Gasteiger partial charge in [-0.1, -0.05) is 6.92 Å². The van der Waals surface area contributed by atoms with Gasteiger partial charge in [0.15, 0.2) is 0 Å². The van der Waals surface area contributed by atoms with Crippen LogP contribution in [0.25, 0.3) is 0 Å². The number of hydrogen-bond acceptors (Lipinski definition) is 3. The van der Waals surface area contributed by atoms with Crippen LogP contribution in [0.3, 0.4) is 0 Å². The second-order valence-electron chi connectivity index (χ2n) is 5.67. The first-order valence-corrected chi connectivity index (χ1v) is 8.36. The highest BCUT2D eigenvalue weighted by atomic mass is 32.2. The zero-order valence-corrected chi connectivity index (χ0v) is 12.8. The van der Waals surface area contributed by atoms with Crippen molar-refractivity contribution in [2.75, 3.05) is 6.54 Å². The molecule has 3 N–H and O–H groups in total. The maximum absolute atomic E-state index is 13.9. The monoisotopic (exact) mass is 314 g/mol. The van der Waals surface area contributed by atoms with Gasteiger partial charge >= 0.3 is 0 Å². The molecule has 0 bridgehead atoms. The average molecular weight is 314 g/mol. The van der Waals surface area contributed by atoms with E-state index in [0.29, 0.717) is 18.4 Å². The van der Waals surface area contributed by atoms with E-state index in [0.717, 1.165) is 25.0 Å². The number of hydrogen-bond donors (Lipinski definition) is 2. The molecule has 1 saturated carbocycles. The number of primary sulfonamides is 1. The fraction of sp³-hybridized carbons (Fsp3) is 0.500. The molecule has 1 aliphatic carbocycles. The van der Waals surface area contributed by atoms with Gasteiger partial charge in [0, 0.05) is 6.54 Å². The average Bonchev–Trinajstić information content (AvgIpc) is 3.18. The minimum atomic E-state index is -3.99. The lowest BCUT2D eigenvalue weighted by molar-refractivity contribution is 0.0942. The third kappa shape index (κ3) is 3.79. The summed E-state index contributed by atoms with van der Waals surface area (Å²) in [4.78, 5) is 11.8. The summed E-state index contributed by atoms with van der Waals surface area (Å²) in [5, 5.41) is 7.71. The molecule has 0 aliphatic heterocycles. The molecule has 0 saturated heterocycles. The highest BCUT2D eigenvalue weighted by Crippen LogP contribution is 2.36. The van der Waals surface area contributed by atoms with Crippen molar-refractivity contribution in [3.8, 4) is 0 Å². The van der Waals surface area contributed by atoms with Crippen LogP contribution in [-0.2, 0) is 10.0 Å². The molecule has 1 unspecified atom stereocenters. The summed E-state index contributed by atoms with van der Waals surface area (Å²) in [5.74, 6) is -0.422. The van der Waals surface area contributed by atoms with E-state index in [1.807, 2.05) is 6.92 Å². The molecule has 1 fully saturated rings. The zero-order valence-electron chi connectivity index (χ0n) is 12.0. The van der Waals surface area contributed by atoms with E-state index < -0.39 is 21.7 Å². The van der Waals surface area contributed by atoms with E-state index in [-0.39, 0.29) is 16.0 Å². The predicted octanol–water partition coefficient (Wildman–Crippen LogP) is 1.56. The van der Waals surface area contributed by atoms with Crippen molar-refractivity contribution >= 4 is 15.9 Å². The fourth-order valence-electron chi connectivity index (χ4n) is 2.31. The summed E-state index contributed by atoms with van der Waals surface area (Å²) in [7, 11) is -3.99. The van der Waals surface area contributed by atoms with E-state index in [1.54, 1.807) is 0 Å². The van der Waals surface area contributed by atoms with Crippen LogP contribution in [0.5, 0.6) is 0 Å². The van der Waals surface area contributed by atoms with Gasteiger partial charge in [0.2, 0.25) is 10.0 Å². The molecule has 0 heterocycles. The number of rotatable bonds is 5. The Kier molecular flexibility index (Phi) is 4.34. The predicted molar refractivity (Wildman–Crippen MR) is 76.7 cm³/mol. The molecule has 1 aromatic carbocycles. The van der Waals surface area contributed by atoms with Gasteiger partial charge in [0.1, 0.15) is 5.82 Å². The normalized spacial score (nSPS) is 16.6. The minimum Gasteiger partial charge on any atom is -0.352 e. The van der Waals surface area contributed by atoms with Crippen LogP contribution in [0.1, 0.15) is 35.7 Å². The van der Waals surface area contributed by atoms with Gasteiger partial charge < -0.3 is 5.32 Å². The third-order valence-corrected chi connectivity index (χ3v) is 4.88. The maximum atomic E-state index is 13.9.